The van der Waals surface area contributed by atoms with Crippen LogP contribution in [0.5, 0.6) is 0 Å². The number of carbonyl (C=O) groups is 1. The van der Waals surface area contributed by atoms with Gasteiger partial charge in [0.1, 0.15) is 0 Å². The molecule has 3 heteroatoms. The van der Waals surface area contributed by atoms with Crippen molar-refractivity contribution in [1.82, 2.24) is 0 Å². The number of hydrogen-bond acceptors (Lipinski definition) is 3. The minimum Gasteiger partial charge on any atom is -0.465 e. The van der Waals surface area contributed by atoms with Crippen LogP contribution in [0, 0.1) is 34.0 Å². The number of ether oxygens (including phenoxy) is 1. The fourth-order valence-corrected chi connectivity index (χ4v) is 10.2. The molecule has 0 aromatic heterocycles. The van der Waals surface area contributed by atoms with Crippen LogP contribution < -0.4 is 0 Å². The summed E-state index contributed by atoms with van der Waals surface area (Å²) in [6, 6.07) is 0. The van der Waals surface area contributed by atoms with Crippen LogP contribution in [0.1, 0.15) is 162 Å². The lowest BCUT2D eigenvalue weighted by Gasteiger charge is -2.65. The molecule has 0 amide bonds. The number of fused-ring (bicyclic) bond motifs is 3. The first-order valence-electron chi connectivity index (χ1n) is 17.3. The van der Waals surface area contributed by atoms with Gasteiger partial charge in [0.25, 0.3) is 0 Å². The average Bonchev–Trinajstić information content (AvgIpc) is 3.16. The Kier molecular flexibility index (Phi) is 11.1. The number of unbranched alkanes of at least 4 members (excludes halogenated alkanes) is 12. The normalized spacial score (nSPS) is 37.4. The van der Waals surface area contributed by atoms with Gasteiger partial charge in [-0.3, -0.25) is 4.79 Å². The maximum absolute atomic E-state index is 12.7. The third-order valence-electron chi connectivity index (χ3n) is 12.3. The van der Waals surface area contributed by atoms with Crippen molar-refractivity contribution in [3.05, 3.63) is 12.2 Å². The molecule has 0 aromatic rings. The molecule has 39 heavy (non-hydrogen) atoms. The third-order valence-corrected chi connectivity index (χ3v) is 12.3. The summed E-state index contributed by atoms with van der Waals surface area (Å²) in [6.07, 6.45) is 26.7. The maximum atomic E-state index is 12.7. The highest BCUT2D eigenvalue weighted by molar-refractivity contribution is 5.69. The summed E-state index contributed by atoms with van der Waals surface area (Å²) in [5.41, 5.74) is 1.69. The second-order valence-corrected chi connectivity index (χ2v) is 15.1. The third kappa shape index (κ3) is 6.98. The molecule has 0 saturated heterocycles. The van der Waals surface area contributed by atoms with Crippen molar-refractivity contribution in [2.45, 2.75) is 168 Å². The highest BCUT2D eigenvalue weighted by Crippen LogP contribution is 2.72. The second-order valence-electron chi connectivity index (χ2n) is 15.1. The molecule has 0 aliphatic heterocycles. The monoisotopic (exact) mass is 542 g/mol. The van der Waals surface area contributed by atoms with E-state index in [0.717, 1.165) is 38.5 Å². The fraction of sp³-hybridized carbons (Fsp3) is 0.917. The first-order valence-corrected chi connectivity index (χ1v) is 17.3. The zero-order valence-corrected chi connectivity index (χ0v) is 26.0. The average molecular weight is 543 g/mol. The van der Waals surface area contributed by atoms with Crippen molar-refractivity contribution in [1.29, 1.82) is 0 Å². The van der Waals surface area contributed by atoms with Crippen molar-refractivity contribution < 1.29 is 14.6 Å². The van der Waals surface area contributed by atoms with Gasteiger partial charge >= 0.3 is 5.97 Å². The lowest BCUT2D eigenvalue weighted by Crippen LogP contribution is -2.62. The van der Waals surface area contributed by atoms with Crippen LogP contribution in [-0.2, 0) is 9.53 Å². The predicted octanol–water partition coefficient (Wildman–Crippen LogP) is 9.95. The van der Waals surface area contributed by atoms with Crippen LogP contribution in [0.4, 0.5) is 0 Å². The Hall–Kier alpha value is -0.830. The van der Waals surface area contributed by atoms with E-state index in [-0.39, 0.29) is 28.3 Å². The Balaban J connectivity index is 1.14. The molecular weight excluding hydrogens is 480 g/mol. The number of aliphatic hydroxyl groups excluding tert-OH is 1. The minimum absolute atomic E-state index is 0.00740. The van der Waals surface area contributed by atoms with E-state index < -0.39 is 0 Å². The molecule has 4 aliphatic rings. The molecule has 224 valence electrons. The molecular formula is C36H62O3. The Labute approximate surface area is 241 Å². The van der Waals surface area contributed by atoms with Crippen LogP contribution >= 0.6 is 0 Å². The topological polar surface area (TPSA) is 46.5 Å². The highest BCUT2D eigenvalue weighted by Gasteiger charge is 2.66. The van der Waals surface area contributed by atoms with Crippen molar-refractivity contribution in [2.75, 3.05) is 6.61 Å². The fourth-order valence-electron chi connectivity index (χ4n) is 10.2. The molecule has 1 spiro atoms. The number of aliphatic hydroxyl groups is 1. The van der Waals surface area contributed by atoms with Crippen molar-refractivity contribution >= 4 is 5.97 Å². The van der Waals surface area contributed by atoms with Crippen LogP contribution in [-0.4, -0.2) is 23.8 Å². The van der Waals surface area contributed by atoms with Gasteiger partial charge in [0.05, 0.1) is 12.7 Å². The quantitative estimate of drug-likeness (QED) is 0.120. The van der Waals surface area contributed by atoms with Gasteiger partial charge in [-0.05, 0) is 74.5 Å². The molecule has 3 nitrogen and oxygen atoms in total. The maximum Gasteiger partial charge on any atom is 0.305 e. The number of allylic oxidation sites excluding steroid dienone is 1. The van der Waals surface area contributed by atoms with Crippen molar-refractivity contribution in [3.63, 3.8) is 0 Å². The Morgan fingerprint density at radius 1 is 0.897 bits per heavy atom. The van der Waals surface area contributed by atoms with Crippen LogP contribution in [0.25, 0.3) is 0 Å². The molecule has 0 aromatic carbocycles. The molecule has 4 fully saturated rings. The predicted molar refractivity (Wildman–Crippen MR) is 162 cm³/mol. The Bertz CT molecular complexity index is 805. The summed E-state index contributed by atoms with van der Waals surface area (Å²) in [5, 5.41) is 11.6. The van der Waals surface area contributed by atoms with E-state index in [1.165, 1.54) is 102 Å². The zero-order chi connectivity index (χ0) is 27.9. The van der Waals surface area contributed by atoms with Gasteiger partial charge in [-0.2, -0.15) is 0 Å². The SMILES string of the molecule is C=C1C[C@]23C[C@H]1CC[C@H]2[C@]1(C)CCC[C@](C)(COC(=O)CCCCCCCCCCCCCCC)[C@H]1C[C@@H]3O. The molecule has 4 saturated carbocycles. The number of carbonyl (C=O) groups excluding carboxylic acids is 1. The standard InChI is InChI=1S/C36H62O3/c1-5-6-7-8-9-10-11-12-13-14-15-16-17-19-33(38)39-27-34(3)22-18-23-35(4)30-21-20-29-26-36(30,25-28(29)2)32(37)24-31(34)35/h29-32,37H,2,5-27H2,1,3-4H3/t29-,30+,31-,32+,34-,35+,36+/m1/s1. The first-order chi connectivity index (χ1) is 18.7. The number of hydrogen-bond donors (Lipinski definition) is 1. The summed E-state index contributed by atoms with van der Waals surface area (Å²) >= 11 is 0. The van der Waals surface area contributed by atoms with Gasteiger partial charge in [-0.1, -0.05) is 116 Å². The lowest BCUT2D eigenvalue weighted by molar-refractivity contribution is -0.209. The molecule has 2 bridgehead atoms. The van der Waals surface area contributed by atoms with Crippen LogP contribution in [0.2, 0.25) is 0 Å². The highest BCUT2D eigenvalue weighted by atomic mass is 16.5. The molecule has 7 atom stereocenters. The summed E-state index contributed by atoms with van der Waals surface area (Å²) in [5.74, 6) is 1.64. The number of esters is 1. The molecule has 0 radical (unpaired) electrons. The van der Waals surface area contributed by atoms with Gasteiger partial charge in [0, 0.05) is 17.3 Å². The van der Waals surface area contributed by atoms with Crippen molar-refractivity contribution in [2.24, 2.45) is 34.0 Å². The van der Waals surface area contributed by atoms with Gasteiger partial charge < -0.3 is 9.84 Å². The van der Waals surface area contributed by atoms with E-state index in [4.69, 9.17) is 4.74 Å². The molecule has 4 aliphatic carbocycles. The lowest BCUT2D eigenvalue weighted by atomic mass is 9.40. The Morgan fingerprint density at radius 3 is 2.15 bits per heavy atom. The first kappa shape index (κ1) is 31.1. The summed E-state index contributed by atoms with van der Waals surface area (Å²) in [7, 11) is 0. The van der Waals surface area contributed by atoms with Gasteiger partial charge in [-0.15, -0.1) is 0 Å². The largest absolute Gasteiger partial charge is 0.465 e. The van der Waals surface area contributed by atoms with Crippen LogP contribution in [0.3, 0.4) is 0 Å². The molecule has 0 heterocycles. The van der Waals surface area contributed by atoms with E-state index in [2.05, 4.69) is 27.4 Å². The minimum atomic E-state index is -0.235. The molecule has 4 rings (SSSR count). The zero-order valence-electron chi connectivity index (χ0n) is 26.0. The Morgan fingerprint density at radius 2 is 1.51 bits per heavy atom. The molecule has 0 unspecified atom stereocenters. The van der Waals surface area contributed by atoms with E-state index in [1.807, 2.05) is 0 Å². The second kappa shape index (κ2) is 13.9. The summed E-state index contributed by atoms with van der Waals surface area (Å²) < 4.78 is 6.00. The van der Waals surface area contributed by atoms with E-state index in [1.54, 1.807) is 0 Å². The van der Waals surface area contributed by atoms with Crippen molar-refractivity contribution in [3.8, 4) is 0 Å². The smallest absolute Gasteiger partial charge is 0.305 e. The van der Waals surface area contributed by atoms with Gasteiger partial charge in [0.15, 0.2) is 0 Å². The summed E-state index contributed by atoms with van der Waals surface area (Å²) in [6.45, 7) is 12.1. The summed E-state index contributed by atoms with van der Waals surface area (Å²) in [4.78, 5) is 12.7. The van der Waals surface area contributed by atoms with E-state index in [0.29, 0.717) is 30.8 Å². The van der Waals surface area contributed by atoms with Crippen LogP contribution in [0.15, 0.2) is 12.2 Å². The number of rotatable bonds is 16. The van der Waals surface area contributed by atoms with E-state index in [9.17, 15) is 9.90 Å². The molecule has 1 N–H and O–H groups in total. The van der Waals surface area contributed by atoms with Gasteiger partial charge in [-0.25, -0.2) is 0 Å². The van der Waals surface area contributed by atoms with E-state index >= 15 is 0 Å². The van der Waals surface area contributed by atoms with Gasteiger partial charge in [0.2, 0.25) is 0 Å².